The van der Waals surface area contributed by atoms with Crippen LogP contribution in [0.4, 0.5) is 0 Å². The average molecular weight is 333 g/mol. The summed E-state index contributed by atoms with van der Waals surface area (Å²) in [5.41, 5.74) is 1.05. The van der Waals surface area contributed by atoms with Crippen molar-refractivity contribution < 1.29 is 14.0 Å². The fourth-order valence-corrected chi connectivity index (χ4v) is 2.02. The highest BCUT2D eigenvalue weighted by Crippen LogP contribution is 2.21. The molecule has 0 saturated carbocycles. The molecule has 0 aliphatic heterocycles. The molecule has 6 heteroatoms. The molecule has 132 valence electrons. The highest BCUT2D eigenvalue weighted by Gasteiger charge is 2.22. The summed E-state index contributed by atoms with van der Waals surface area (Å²) in [6, 6.07) is 7.99. The third kappa shape index (κ3) is 5.32. The van der Waals surface area contributed by atoms with Crippen LogP contribution in [0.25, 0.3) is 0 Å². The van der Waals surface area contributed by atoms with E-state index in [-0.39, 0.29) is 11.5 Å². The normalized spacial score (nSPS) is 13.0. The van der Waals surface area contributed by atoms with Crippen LogP contribution in [0, 0.1) is 0 Å². The van der Waals surface area contributed by atoms with Crippen molar-refractivity contribution in [1.29, 1.82) is 0 Å². The van der Waals surface area contributed by atoms with Gasteiger partial charge in [0, 0.05) is 19.1 Å². The Hall–Kier alpha value is -1.92. The molecule has 0 aliphatic carbocycles. The average Bonchev–Trinajstić information content (AvgIpc) is 3.04. The molecule has 2 rings (SSSR count). The number of rotatable bonds is 8. The van der Waals surface area contributed by atoms with Gasteiger partial charge in [0.2, 0.25) is 5.89 Å². The number of aromatic nitrogens is 2. The maximum absolute atomic E-state index is 5.55. The fourth-order valence-electron chi connectivity index (χ4n) is 2.02. The van der Waals surface area contributed by atoms with Crippen LogP contribution in [0.15, 0.2) is 28.8 Å². The van der Waals surface area contributed by atoms with Crippen LogP contribution in [0.3, 0.4) is 0 Å². The molecule has 0 spiro atoms. The molecule has 0 radical (unpaired) electrons. The van der Waals surface area contributed by atoms with E-state index >= 15 is 0 Å². The number of nitrogens with zero attached hydrogens (tertiary/aromatic N) is 2. The monoisotopic (exact) mass is 333 g/mol. The Morgan fingerprint density at radius 1 is 1.17 bits per heavy atom. The van der Waals surface area contributed by atoms with E-state index < -0.39 is 0 Å². The number of methoxy groups -OCH3 is 1. The van der Waals surface area contributed by atoms with E-state index in [2.05, 4.69) is 36.2 Å². The van der Waals surface area contributed by atoms with Crippen LogP contribution in [0.1, 0.15) is 51.0 Å². The lowest BCUT2D eigenvalue weighted by atomic mass is 9.96. The summed E-state index contributed by atoms with van der Waals surface area (Å²) in [7, 11) is 1.66. The van der Waals surface area contributed by atoms with Gasteiger partial charge in [-0.15, -0.1) is 0 Å². The smallest absolute Gasteiger partial charge is 0.243 e. The van der Waals surface area contributed by atoms with E-state index in [4.69, 9.17) is 14.0 Å². The Morgan fingerprint density at radius 2 is 1.88 bits per heavy atom. The van der Waals surface area contributed by atoms with Gasteiger partial charge in [-0.1, -0.05) is 38.1 Å². The van der Waals surface area contributed by atoms with Gasteiger partial charge in [0.05, 0.1) is 12.6 Å². The Kier molecular flexibility index (Phi) is 6.34. The predicted molar refractivity (Wildman–Crippen MR) is 92.1 cm³/mol. The molecular weight excluding hydrogens is 306 g/mol. The lowest BCUT2D eigenvalue weighted by Gasteiger charge is -2.12. The van der Waals surface area contributed by atoms with Crippen molar-refractivity contribution >= 4 is 0 Å². The van der Waals surface area contributed by atoms with E-state index in [0.29, 0.717) is 25.6 Å². The number of hydrogen-bond acceptors (Lipinski definition) is 6. The van der Waals surface area contributed by atoms with Gasteiger partial charge in [-0.2, -0.15) is 4.98 Å². The van der Waals surface area contributed by atoms with Crippen LogP contribution < -0.4 is 10.1 Å². The van der Waals surface area contributed by atoms with Gasteiger partial charge in [0.25, 0.3) is 0 Å². The molecule has 1 aromatic heterocycles. The minimum absolute atomic E-state index is 0.00812. The molecule has 1 unspecified atom stereocenters. The van der Waals surface area contributed by atoms with Crippen LogP contribution in [-0.2, 0) is 16.7 Å². The molecule has 0 bridgehead atoms. The maximum atomic E-state index is 5.55. The minimum atomic E-state index is -0.111. The van der Waals surface area contributed by atoms with Crippen LogP contribution >= 0.6 is 0 Å². The predicted octanol–water partition coefficient (Wildman–Crippen LogP) is 3.24. The Labute approximate surface area is 143 Å². The molecule has 0 aliphatic rings. The summed E-state index contributed by atoms with van der Waals surface area (Å²) in [5, 5.41) is 7.45. The SMILES string of the molecule is COCCOc1ccc(CNC(C)c2nc(C(C)(C)C)no2)cc1. The Bertz CT molecular complexity index is 617. The first-order valence-corrected chi connectivity index (χ1v) is 8.18. The quantitative estimate of drug-likeness (QED) is 0.748. The summed E-state index contributed by atoms with van der Waals surface area (Å²) < 4.78 is 15.9. The molecule has 6 nitrogen and oxygen atoms in total. The van der Waals surface area contributed by atoms with Gasteiger partial charge >= 0.3 is 0 Å². The van der Waals surface area contributed by atoms with Gasteiger partial charge in [-0.25, -0.2) is 0 Å². The summed E-state index contributed by atoms with van der Waals surface area (Å²) in [6.07, 6.45) is 0. The topological polar surface area (TPSA) is 69.4 Å². The molecule has 0 fully saturated rings. The molecule has 1 N–H and O–H groups in total. The first kappa shape index (κ1) is 18.4. The van der Waals surface area contributed by atoms with E-state index in [1.54, 1.807) is 7.11 Å². The van der Waals surface area contributed by atoms with E-state index in [1.165, 1.54) is 0 Å². The second-order valence-electron chi connectivity index (χ2n) is 6.79. The highest BCUT2D eigenvalue weighted by molar-refractivity contribution is 5.27. The molecule has 0 saturated heterocycles. The van der Waals surface area contributed by atoms with Crippen molar-refractivity contribution in [2.45, 2.75) is 45.7 Å². The Balaban J connectivity index is 1.85. The minimum Gasteiger partial charge on any atom is -0.491 e. The number of benzene rings is 1. The van der Waals surface area contributed by atoms with Crippen molar-refractivity contribution in [3.05, 3.63) is 41.5 Å². The van der Waals surface area contributed by atoms with Gasteiger partial charge in [-0.3, -0.25) is 0 Å². The first-order chi connectivity index (χ1) is 11.4. The van der Waals surface area contributed by atoms with Crippen molar-refractivity contribution in [3.8, 4) is 5.75 Å². The summed E-state index contributed by atoms with van der Waals surface area (Å²) in [5.74, 6) is 2.18. The third-order valence-corrected chi connectivity index (χ3v) is 3.57. The van der Waals surface area contributed by atoms with Crippen molar-refractivity contribution in [3.63, 3.8) is 0 Å². The fraction of sp³-hybridized carbons (Fsp3) is 0.556. The van der Waals surface area contributed by atoms with Crippen molar-refractivity contribution in [2.24, 2.45) is 0 Å². The van der Waals surface area contributed by atoms with Crippen LogP contribution in [-0.4, -0.2) is 30.5 Å². The van der Waals surface area contributed by atoms with E-state index in [1.807, 2.05) is 31.2 Å². The summed E-state index contributed by atoms with van der Waals surface area (Å²) in [4.78, 5) is 4.48. The standard InChI is InChI=1S/C18H27N3O3/c1-13(16-20-17(21-24-16)18(2,3)4)19-12-14-6-8-15(9-7-14)23-11-10-22-5/h6-9,13,19H,10-12H2,1-5H3. The zero-order chi connectivity index (χ0) is 17.6. The Morgan fingerprint density at radius 3 is 2.46 bits per heavy atom. The molecular formula is C18H27N3O3. The third-order valence-electron chi connectivity index (χ3n) is 3.57. The summed E-state index contributed by atoms with van der Waals surface area (Å²) in [6.45, 7) is 10.1. The van der Waals surface area contributed by atoms with Crippen molar-refractivity contribution in [2.75, 3.05) is 20.3 Å². The van der Waals surface area contributed by atoms with Crippen LogP contribution in [0.5, 0.6) is 5.75 Å². The maximum Gasteiger partial charge on any atom is 0.243 e. The number of hydrogen-bond donors (Lipinski definition) is 1. The lowest BCUT2D eigenvalue weighted by molar-refractivity contribution is 0.146. The van der Waals surface area contributed by atoms with E-state index in [9.17, 15) is 0 Å². The molecule has 24 heavy (non-hydrogen) atoms. The zero-order valence-electron chi connectivity index (χ0n) is 15.1. The van der Waals surface area contributed by atoms with Gasteiger partial charge in [0.15, 0.2) is 5.82 Å². The zero-order valence-corrected chi connectivity index (χ0v) is 15.1. The lowest BCUT2D eigenvalue weighted by Crippen LogP contribution is -2.19. The first-order valence-electron chi connectivity index (χ1n) is 8.18. The second-order valence-corrected chi connectivity index (χ2v) is 6.79. The second kappa shape index (κ2) is 8.26. The molecule has 1 heterocycles. The molecule has 1 atom stereocenters. The van der Waals surface area contributed by atoms with E-state index in [0.717, 1.165) is 17.1 Å². The molecule has 0 amide bonds. The van der Waals surface area contributed by atoms with Gasteiger partial charge in [-0.05, 0) is 24.6 Å². The van der Waals surface area contributed by atoms with Crippen LogP contribution in [0.2, 0.25) is 0 Å². The highest BCUT2D eigenvalue weighted by atomic mass is 16.5. The molecule has 1 aromatic carbocycles. The largest absolute Gasteiger partial charge is 0.491 e. The van der Waals surface area contributed by atoms with Gasteiger partial charge in [0.1, 0.15) is 12.4 Å². The van der Waals surface area contributed by atoms with Gasteiger partial charge < -0.3 is 19.3 Å². The number of ether oxygens (including phenoxy) is 2. The van der Waals surface area contributed by atoms with Crippen molar-refractivity contribution in [1.82, 2.24) is 15.5 Å². The number of nitrogens with one attached hydrogen (secondary N) is 1. The molecule has 2 aromatic rings. The summed E-state index contributed by atoms with van der Waals surface area (Å²) >= 11 is 0.